The molecule has 2 atom stereocenters. The van der Waals surface area contributed by atoms with Crippen molar-refractivity contribution in [3.8, 4) is 18.4 Å². The van der Waals surface area contributed by atoms with Crippen molar-refractivity contribution in [1.82, 2.24) is 15.2 Å². The summed E-state index contributed by atoms with van der Waals surface area (Å²) in [5.41, 5.74) is 0.813. The van der Waals surface area contributed by atoms with Crippen molar-refractivity contribution in [2.24, 2.45) is 5.92 Å². The first-order valence-corrected chi connectivity index (χ1v) is 9.76. The number of hydrogen-bond acceptors (Lipinski definition) is 5. The largest absolute Gasteiger partial charge is 0.312 e. The molecule has 28 heavy (non-hydrogen) atoms. The SMILES string of the molecule is C#C[C@@H]1CC[C@@H](C#N)N1C(=O)CNCc1cccnc1NC(=O)C1CCCC1. The van der Waals surface area contributed by atoms with Crippen molar-refractivity contribution in [2.75, 3.05) is 11.9 Å². The lowest BCUT2D eigenvalue weighted by Crippen LogP contribution is -2.44. The number of hydrogen-bond donors (Lipinski definition) is 2. The Balaban J connectivity index is 1.56. The molecule has 7 heteroatoms. The van der Waals surface area contributed by atoms with Gasteiger partial charge in [0, 0.05) is 24.2 Å². The van der Waals surface area contributed by atoms with Crippen LogP contribution in [-0.2, 0) is 16.1 Å². The zero-order chi connectivity index (χ0) is 19.9. The lowest BCUT2D eigenvalue weighted by Gasteiger charge is -2.24. The van der Waals surface area contributed by atoms with E-state index in [9.17, 15) is 14.9 Å². The number of terminal acetylenes is 1. The summed E-state index contributed by atoms with van der Waals surface area (Å²) in [6.07, 6.45) is 12.4. The van der Waals surface area contributed by atoms with Crippen LogP contribution in [0.4, 0.5) is 5.82 Å². The summed E-state index contributed by atoms with van der Waals surface area (Å²) in [5.74, 6) is 3.00. The molecule has 0 bridgehead atoms. The molecule has 2 N–H and O–H groups in total. The van der Waals surface area contributed by atoms with Gasteiger partial charge in [-0.1, -0.05) is 24.8 Å². The second-order valence-corrected chi connectivity index (χ2v) is 7.29. The molecule has 3 rings (SSSR count). The van der Waals surface area contributed by atoms with Gasteiger partial charge in [0.15, 0.2) is 0 Å². The first kappa shape index (κ1) is 19.9. The van der Waals surface area contributed by atoms with Gasteiger partial charge < -0.3 is 15.5 Å². The smallest absolute Gasteiger partial charge is 0.238 e. The molecular weight excluding hydrogens is 354 g/mol. The van der Waals surface area contributed by atoms with Crippen molar-refractivity contribution in [3.63, 3.8) is 0 Å². The zero-order valence-electron chi connectivity index (χ0n) is 15.9. The van der Waals surface area contributed by atoms with E-state index in [4.69, 9.17) is 6.42 Å². The van der Waals surface area contributed by atoms with Crippen molar-refractivity contribution in [3.05, 3.63) is 23.9 Å². The number of amides is 2. The Labute approximate surface area is 165 Å². The molecule has 2 aliphatic rings. The van der Waals surface area contributed by atoms with Crippen LogP contribution in [0.15, 0.2) is 18.3 Å². The second-order valence-electron chi connectivity index (χ2n) is 7.29. The monoisotopic (exact) mass is 379 g/mol. The minimum Gasteiger partial charge on any atom is -0.312 e. The fourth-order valence-corrected chi connectivity index (χ4v) is 3.95. The predicted octanol–water partition coefficient (Wildman–Crippen LogP) is 1.82. The second kappa shape index (κ2) is 9.34. The van der Waals surface area contributed by atoms with Gasteiger partial charge in [0.2, 0.25) is 11.8 Å². The van der Waals surface area contributed by atoms with Crippen molar-refractivity contribution in [2.45, 2.75) is 57.2 Å². The Bertz CT molecular complexity index is 782. The highest BCUT2D eigenvalue weighted by atomic mass is 16.2. The minimum atomic E-state index is -0.463. The molecule has 0 aromatic carbocycles. The Hall–Kier alpha value is -2.90. The first-order chi connectivity index (χ1) is 13.6. The van der Waals surface area contributed by atoms with Gasteiger partial charge in [-0.15, -0.1) is 6.42 Å². The summed E-state index contributed by atoms with van der Waals surface area (Å²) < 4.78 is 0. The van der Waals surface area contributed by atoms with E-state index in [-0.39, 0.29) is 30.3 Å². The maximum Gasteiger partial charge on any atom is 0.238 e. The molecule has 7 nitrogen and oxygen atoms in total. The summed E-state index contributed by atoms with van der Waals surface area (Å²) in [5, 5.41) is 15.2. The van der Waals surface area contributed by atoms with Gasteiger partial charge in [0.05, 0.1) is 18.7 Å². The van der Waals surface area contributed by atoms with E-state index < -0.39 is 6.04 Å². The van der Waals surface area contributed by atoms with Gasteiger partial charge in [-0.2, -0.15) is 5.26 Å². The van der Waals surface area contributed by atoms with Crippen molar-refractivity contribution < 1.29 is 9.59 Å². The van der Waals surface area contributed by atoms with E-state index in [0.29, 0.717) is 25.2 Å². The molecule has 0 radical (unpaired) electrons. The Morgan fingerprint density at radius 1 is 1.25 bits per heavy atom. The average molecular weight is 379 g/mol. The van der Waals surface area contributed by atoms with Crippen LogP contribution in [0.5, 0.6) is 0 Å². The molecule has 1 aromatic rings. The minimum absolute atomic E-state index is 0.0133. The number of rotatable bonds is 6. The molecule has 1 aliphatic carbocycles. The highest BCUT2D eigenvalue weighted by Gasteiger charge is 2.35. The van der Waals surface area contributed by atoms with Gasteiger partial charge in [0.1, 0.15) is 11.9 Å². The summed E-state index contributed by atoms with van der Waals surface area (Å²) in [6, 6.07) is 5.03. The van der Waals surface area contributed by atoms with E-state index in [0.717, 1.165) is 31.2 Å². The molecule has 2 heterocycles. The van der Waals surface area contributed by atoms with Gasteiger partial charge in [-0.25, -0.2) is 4.98 Å². The summed E-state index contributed by atoms with van der Waals surface area (Å²) in [6.45, 7) is 0.451. The van der Waals surface area contributed by atoms with Crippen LogP contribution in [0.2, 0.25) is 0 Å². The molecule has 1 aliphatic heterocycles. The highest BCUT2D eigenvalue weighted by Crippen LogP contribution is 2.26. The number of nitriles is 1. The number of nitrogens with one attached hydrogen (secondary N) is 2. The molecule has 2 fully saturated rings. The summed E-state index contributed by atoms with van der Waals surface area (Å²) >= 11 is 0. The lowest BCUT2D eigenvalue weighted by molar-refractivity contribution is -0.131. The maximum atomic E-state index is 12.5. The predicted molar refractivity (Wildman–Crippen MR) is 105 cm³/mol. The summed E-state index contributed by atoms with van der Waals surface area (Å²) in [7, 11) is 0. The molecule has 0 unspecified atom stereocenters. The fourth-order valence-electron chi connectivity index (χ4n) is 3.95. The van der Waals surface area contributed by atoms with Gasteiger partial charge in [-0.3, -0.25) is 9.59 Å². The van der Waals surface area contributed by atoms with Gasteiger partial charge in [-0.05, 0) is 31.7 Å². The van der Waals surface area contributed by atoms with Crippen LogP contribution in [0.3, 0.4) is 0 Å². The normalized spacial score (nSPS) is 21.9. The molecule has 1 aromatic heterocycles. The van der Waals surface area contributed by atoms with E-state index in [1.54, 1.807) is 12.3 Å². The quantitative estimate of drug-likeness (QED) is 0.735. The van der Waals surface area contributed by atoms with Crippen LogP contribution in [0.25, 0.3) is 0 Å². The Morgan fingerprint density at radius 3 is 2.71 bits per heavy atom. The van der Waals surface area contributed by atoms with E-state index in [2.05, 4.69) is 27.6 Å². The number of nitrogens with zero attached hydrogens (tertiary/aromatic N) is 3. The number of anilines is 1. The lowest BCUT2D eigenvalue weighted by atomic mass is 10.1. The van der Waals surface area contributed by atoms with Crippen LogP contribution in [0.1, 0.15) is 44.1 Å². The van der Waals surface area contributed by atoms with E-state index in [1.807, 2.05) is 6.07 Å². The molecule has 0 spiro atoms. The molecular formula is C21H25N5O2. The van der Waals surface area contributed by atoms with Gasteiger partial charge >= 0.3 is 0 Å². The molecule has 1 saturated heterocycles. The highest BCUT2D eigenvalue weighted by molar-refractivity contribution is 5.92. The number of likely N-dealkylation sites (tertiary alicyclic amines) is 1. The molecule has 146 valence electrons. The van der Waals surface area contributed by atoms with Gasteiger partial charge in [0.25, 0.3) is 0 Å². The maximum absolute atomic E-state index is 12.5. The zero-order valence-corrected chi connectivity index (χ0v) is 15.9. The summed E-state index contributed by atoms with van der Waals surface area (Å²) in [4.78, 5) is 30.7. The van der Waals surface area contributed by atoms with Crippen molar-refractivity contribution >= 4 is 17.6 Å². The van der Waals surface area contributed by atoms with Crippen LogP contribution < -0.4 is 10.6 Å². The van der Waals surface area contributed by atoms with E-state index >= 15 is 0 Å². The molecule has 2 amide bonds. The van der Waals surface area contributed by atoms with E-state index in [1.165, 1.54) is 4.90 Å². The Kier molecular flexibility index (Phi) is 6.62. The number of pyridine rings is 1. The standard InChI is InChI=1S/C21H25N5O2/c1-2-17-9-10-18(12-22)26(17)19(27)14-23-13-16-8-5-11-24-20(16)25-21(28)15-6-3-4-7-15/h1,5,8,11,15,17-18,23H,3-4,6-7,9-10,13-14H2,(H,24,25,28)/t17-,18+/m1/s1. The van der Waals surface area contributed by atoms with Crippen LogP contribution in [0, 0.1) is 29.6 Å². The number of carbonyl (C=O) groups excluding carboxylic acids is 2. The third-order valence-electron chi connectivity index (χ3n) is 5.47. The topological polar surface area (TPSA) is 98.1 Å². The van der Waals surface area contributed by atoms with Crippen molar-refractivity contribution in [1.29, 1.82) is 5.26 Å². The van der Waals surface area contributed by atoms with Crippen LogP contribution in [-0.4, -0.2) is 40.3 Å². The number of carbonyl (C=O) groups is 2. The first-order valence-electron chi connectivity index (χ1n) is 9.76. The third-order valence-corrected chi connectivity index (χ3v) is 5.47. The Morgan fingerprint density at radius 2 is 2.00 bits per heavy atom. The molecule has 1 saturated carbocycles. The number of aromatic nitrogens is 1. The van der Waals surface area contributed by atoms with Crippen LogP contribution >= 0.6 is 0 Å². The third kappa shape index (κ3) is 4.49. The fraction of sp³-hybridized carbons (Fsp3) is 0.524. The average Bonchev–Trinajstić information content (AvgIpc) is 3.38.